The molecule has 0 saturated carbocycles. The van der Waals surface area contributed by atoms with E-state index in [1.807, 2.05) is 36.5 Å². The number of carbonyl (C=O) groups excluding carboxylic acids is 1. The molecule has 2 rings (SSSR count). The second-order valence-electron chi connectivity index (χ2n) is 3.88. The van der Waals surface area contributed by atoms with Crippen LogP contribution in [0.15, 0.2) is 36.5 Å². The zero-order chi connectivity index (χ0) is 13.7. The molecular formula is C13H15N3O3. The van der Waals surface area contributed by atoms with Gasteiger partial charge in [-0.2, -0.15) is 5.10 Å². The summed E-state index contributed by atoms with van der Waals surface area (Å²) in [6.45, 7) is -0.220. The maximum Gasteiger partial charge on any atom is 0.246 e. The average Bonchev–Trinajstić information content (AvgIpc) is 2.93. The van der Waals surface area contributed by atoms with Crippen LogP contribution in [0.5, 0.6) is 5.75 Å². The fourth-order valence-corrected chi connectivity index (χ4v) is 1.58. The summed E-state index contributed by atoms with van der Waals surface area (Å²) in [5, 5.41) is 15.5. The molecule has 0 fully saturated rings. The summed E-state index contributed by atoms with van der Waals surface area (Å²) in [6.07, 6.45) is 1.81. The van der Waals surface area contributed by atoms with Crippen LogP contribution in [-0.2, 0) is 11.3 Å². The molecular weight excluding hydrogens is 246 g/mol. The molecule has 0 aliphatic rings. The van der Waals surface area contributed by atoms with Crippen molar-refractivity contribution in [3.63, 3.8) is 0 Å². The number of hydrogen-bond donors (Lipinski definition) is 2. The Morgan fingerprint density at radius 3 is 2.74 bits per heavy atom. The molecule has 6 heteroatoms. The number of benzene rings is 1. The lowest BCUT2D eigenvalue weighted by Crippen LogP contribution is -2.25. The highest BCUT2D eigenvalue weighted by molar-refractivity contribution is 5.76. The van der Waals surface area contributed by atoms with Crippen molar-refractivity contribution in [3.05, 3.63) is 42.2 Å². The molecule has 0 spiro atoms. The van der Waals surface area contributed by atoms with Crippen molar-refractivity contribution in [2.75, 3.05) is 13.7 Å². The molecule has 1 aromatic heterocycles. The highest BCUT2D eigenvalue weighted by atomic mass is 16.5. The van der Waals surface area contributed by atoms with Gasteiger partial charge in [-0.15, -0.1) is 0 Å². The summed E-state index contributed by atoms with van der Waals surface area (Å²) in [6, 6.07) is 9.29. The van der Waals surface area contributed by atoms with Gasteiger partial charge in [-0.3, -0.25) is 4.79 Å². The lowest BCUT2D eigenvalue weighted by atomic mass is 10.3. The summed E-state index contributed by atoms with van der Waals surface area (Å²) in [5.41, 5.74) is 1.62. The Labute approximate surface area is 110 Å². The number of ether oxygens (including phenoxy) is 1. The third-order valence-electron chi connectivity index (χ3n) is 2.59. The van der Waals surface area contributed by atoms with Crippen LogP contribution in [-0.4, -0.2) is 34.5 Å². The molecule has 0 saturated heterocycles. The Morgan fingerprint density at radius 1 is 1.37 bits per heavy atom. The molecule has 0 atom stereocenters. The van der Waals surface area contributed by atoms with E-state index in [0.717, 1.165) is 17.1 Å². The molecule has 0 radical (unpaired) electrons. The SMILES string of the molecule is COc1ccc(-n2ccc(CNC(=O)CO)n2)cc1. The van der Waals surface area contributed by atoms with Gasteiger partial charge >= 0.3 is 0 Å². The molecule has 2 aromatic rings. The molecule has 1 aromatic carbocycles. The number of aliphatic hydroxyl groups excluding tert-OH is 1. The van der Waals surface area contributed by atoms with E-state index in [1.54, 1.807) is 11.8 Å². The van der Waals surface area contributed by atoms with Crippen molar-refractivity contribution in [1.82, 2.24) is 15.1 Å². The third kappa shape index (κ3) is 3.32. The Morgan fingerprint density at radius 2 is 2.11 bits per heavy atom. The highest BCUT2D eigenvalue weighted by Crippen LogP contribution is 2.14. The highest BCUT2D eigenvalue weighted by Gasteiger charge is 2.03. The fraction of sp³-hybridized carbons (Fsp3) is 0.231. The van der Waals surface area contributed by atoms with E-state index in [-0.39, 0.29) is 0 Å². The van der Waals surface area contributed by atoms with Crippen molar-refractivity contribution >= 4 is 5.91 Å². The third-order valence-corrected chi connectivity index (χ3v) is 2.59. The van der Waals surface area contributed by atoms with Gasteiger partial charge in [-0.05, 0) is 30.3 Å². The number of methoxy groups -OCH3 is 1. The number of nitrogens with zero attached hydrogens (tertiary/aromatic N) is 2. The average molecular weight is 261 g/mol. The molecule has 19 heavy (non-hydrogen) atoms. The van der Waals surface area contributed by atoms with Gasteiger partial charge in [-0.25, -0.2) is 4.68 Å². The molecule has 2 N–H and O–H groups in total. The zero-order valence-corrected chi connectivity index (χ0v) is 10.5. The second kappa shape index (κ2) is 6.01. The first-order chi connectivity index (χ1) is 9.22. The van der Waals surface area contributed by atoms with Crippen LogP contribution in [0.1, 0.15) is 5.69 Å². The Hall–Kier alpha value is -2.34. The molecule has 0 bridgehead atoms. The van der Waals surface area contributed by atoms with E-state index < -0.39 is 12.5 Å². The minimum atomic E-state index is -0.515. The van der Waals surface area contributed by atoms with Gasteiger partial charge in [0.05, 0.1) is 25.0 Å². The van der Waals surface area contributed by atoms with E-state index in [2.05, 4.69) is 10.4 Å². The fourth-order valence-electron chi connectivity index (χ4n) is 1.58. The predicted molar refractivity (Wildman–Crippen MR) is 69.0 cm³/mol. The summed E-state index contributed by atoms with van der Waals surface area (Å²) >= 11 is 0. The first-order valence-electron chi connectivity index (χ1n) is 5.79. The number of rotatable bonds is 5. The Bertz CT molecular complexity index is 549. The quantitative estimate of drug-likeness (QED) is 0.821. The summed E-state index contributed by atoms with van der Waals surface area (Å²) < 4.78 is 6.79. The van der Waals surface area contributed by atoms with Crippen molar-refractivity contribution in [3.8, 4) is 11.4 Å². The van der Waals surface area contributed by atoms with Crippen molar-refractivity contribution in [2.24, 2.45) is 0 Å². The standard InChI is InChI=1S/C13H15N3O3/c1-19-12-4-2-11(3-5-12)16-7-6-10(15-16)8-14-13(18)9-17/h2-7,17H,8-9H2,1H3,(H,14,18). The second-order valence-corrected chi connectivity index (χ2v) is 3.88. The summed E-state index contributed by atoms with van der Waals surface area (Å²) in [4.78, 5) is 10.9. The number of aliphatic hydroxyl groups is 1. The Balaban J connectivity index is 2.05. The number of carbonyl (C=O) groups is 1. The first kappa shape index (κ1) is 13.1. The van der Waals surface area contributed by atoms with Gasteiger partial charge in [0.2, 0.25) is 5.91 Å². The summed E-state index contributed by atoms with van der Waals surface area (Å²) in [7, 11) is 1.62. The molecule has 6 nitrogen and oxygen atoms in total. The zero-order valence-electron chi connectivity index (χ0n) is 10.5. The number of nitrogens with one attached hydrogen (secondary N) is 1. The minimum Gasteiger partial charge on any atom is -0.497 e. The molecule has 0 unspecified atom stereocenters. The topological polar surface area (TPSA) is 76.4 Å². The monoisotopic (exact) mass is 261 g/mol. The van der Waals surface area contributed by atoms with Crippen LogP contribution in [0.25, 0.3) is 5.69 Å². The molecule has 1 heterocycles. The van der Waals surface area contributed by atoms with E-state index in [4.69, 9.17) is 9.84 Å². The van der Waals surface area contributed by atoms with E-state index in [0.29, 0.717) is 6.54 Å². The van der Waals surface area contributed by atoms with Gasteiger partial charge in [0.25, 0.3) is 0 Å². The minimum absolute atomic E-state index is 0.294. The van der Waals surface area contributed by atoms with Crippen molar-refractivity contribution in [2.45, 2.75) is 6.54 Å². The van der Waals surface area contributed by atoms with Crippen LogP contribution in [0.2, 0.25) is 0 Å². The van der Waals surface area contributed by atoms with Crippen molar-refractivity contribution < 1.29 is 14.6 Å². The number of aromatic nitrogens is 2. The van der Waals surface area contributed by atoms with Gasteiger partial charge in [0, 0.05) is 6.20 Å². The normalized spacial score (nSPS) is 10.2. The van der Waals surface area contributed by atoms with Crippen LogP contribution >= 0.6 is 0 Å². The van der Waals surface area contributed by atoms with E-state index in [9.17, 15) is 4.79 Å². The lowest BCUT2D eigenvalue weighted by Gasteiger charge is -2.03. The van der Waals surface area contributed by atoms with Crippen LogP contribution in [0.3, 0.4) is 0 Å². The van der Waals surface area contributed by atoms with E-state index >= 15 is 0 Å². The Kier molecular flexibility index (Phi) is 4.15. The number of hydrogen-bond acceptors (Lipinski definition) is 4. The maximum atomic E-state index is 10.9. The summed E-state index contributed by atoms with van der Waals surface area (Å²) in [5.74, 6) is 0.366. The van der Waals surface area contributed by atoms with Gasteiger partial charge < -0.3 is 15.2 Å². The van der Waals surface area contributed by atoms with Crippen LogP contribution in [0.4, 0.5) is 0 Å². The largest absolute Gasteiger partial charge is 0.497 e. The smallest absolute Gasteiger partial charge is 0.246 e. The molecule has 0 aliphatic carbocycles. The lowest BCUT2D eigenvalue weighted by molar-refractivity contribution is -0.123. The predicted octanol–water partition coefficient (Wildman–Crippen LogP) is 0.489. The van der Waals surface area contributed by atoms with Crippen molar-refractivity contribution in [1.29, 1.82) is 0 Å². The number of amides is 1. The van der Waals surface area contributed by atoms with Gasteiger partial charge in [0.1, 0.15) is 12.4 Å². The van der Waals surface area contributed by atoms with Crippen LogP contribution < -0.4 is 10.1 Å². The van der Waals surface area contributed by atoms with Gasteiger partial charge in [-0.1, -0.05) is 0 Å². The molecule has 1 amide bonds. The van der Waals surface area contributed by atoms with Crippen LogP contribution in [0, 0.1) is 0 Å². The van der Waals surface area contributed by atoms with Gasteiger partial charge in [0.15, 0.2) is 0 Å². The van der Waals surface area contributed by atoms with E-state index in [1.165, 1.54) is 0 Å². The maximum absolute atomic E-state index is 10.9. The molecule has 0 aliphatic heterocycles. The molecule has 100 valence electrons. The first-order valence-corrected chi connectivity index (χ1v) is 5.79.